The Hall–Kier alpha value is -0.153. The maximum atomic E-state index is 11.7. The van der Waals surface area contributed by atoms with E-state index < -0.39 is 0 Å². The van der Waals surface area contributed by atoms with Crippen LogP contribution in [0, 0.1) is 0 Å². The minimum Gasteiger partial charge on any atom is -0.379 e. The lowest BCUT2D eigenvalue weighted by Crippen LogP contribution is -2.36. The molecule has 0 saturated carbocycles. The molecule has 64 valence electrons. The molecule has 0 aliphatic carbocycles. The SMILES string of the molecule is FC=CCC1([SiH3])CCCCO1. The summed E-state index contributed by atoms with van der Waals surface area (Å²) in [6.45, 7) is 0.865. The van der Waals surface area contributed by atoms with Crippen molar-refractivity contribution in [2.45, 2.75) is 30.9 Å². The number of ether oxygens (including phenoxy) is 1. The second-order valence-electron chi connectivity index (χ2n) is 3.32. The Kier molecular flexibility index (Phi) is 3.27. The van der Waals surface area contributed by atoms with Crippen LogP contribution < -0.4 is 0 Å². The lowest BCUT2D eigenvalue weighted by atomic mass is 10.1. The monoisotopic (exact) mass is 174 g/mol. The highest BCUT2D eigenvalue weighted by Gasteiger charge is 2.25. The summed E-state index contributed by atoms with van der Waals surface area (Å²) in [5.41, 5.74) is 0. The molecule has 1 unspecified atom stereocenters. The van der Waals surface area contributed by atoms with Crippen LogP contribution in [0.15, 0.2) is 12.4 Å². The number of rotatable bonds is 2. The van der Waals surface area contributed by atoms with E-state index in [1.54, 1.807) is 6.08 Å². The van der Waals surface area contributed by atoms with Gasteiger partial charge in [-0.3, -0.25) is 0 Å². The van der Waals surface area contributed by atoms with Crippen molar-refractivity contribution in [3.05, 3.63) is 12.4 Å². The summed E-state index contributed by atoms with van der Waals surface area (Å²) < 4.78 is 17.3. The standard InChI is InChI=1S/C8H15FOSi/c9-6-3-5-8(11)4-1-2-7-10-8/h3,6H,1-2,4-5,7H2,11H3. The van der Waals surface area contributed by atoms with Crippen LogP contribution in [-0.4, -0.2) is 22.1 Å². The molecule has 1 saturated heterocycles. The largest absolute Gasteiger partial charge is 0.379 e. The first-order valence-corrected chi connectivity index (χ1v) is 5.16. The Labute approximate surface area is 70.0 Å². The highest BCUT2D eigenvalue weighted by molar-refractivity contribution is 6.14. The Morgan fingerprint density at radius 2 is 2.36 bits per heavy atom. The summed E-state index contributed by atoms with van der Waals surface area (Å²) in [5.74, 6) is 0. The van der Waals surface area contributed by atoms with E-state index in [1.807, 2.05) is 0 Å². The third kappa shape index (κ3) is 2.75. The molecule has 1 rings (SSSR count). The summed E-state index contributed by atoms with van der Waals surface area (Å²) in [4.78, 5) is 0. The molecule has 0 aromatic heterocycles. The first-order chi connectivity index (χ1) is 5.27. The van der Waals surface area contributed by atoms with E-state index in [4.69, 9.17) is 4.74 Å². The zero-order valence-corrected chi connectivity index (χ0v) is 8.98. The van der Waals surface area contributed by atoms with E-state index in [-0.39, 0.29) is 5.22 Å². The van der Waals surface area contributed by atoms with Crippen molar-refractivity contribution in [1.82, 2.24) is 0 Å². The predicted octanol–water partition coefficient (Wildman–Crippen LogP) is 1.12. The lowest BCUT2D eigenvalue weighted by Gasteiger charge is -2.33. The van der Waals surface area contributed by atoms with E-state index in [1.165, 1.54) is 12.8 Å². The zero-order chi connectivity index (χ0) is 8.16. The van der Waals surface area contributed by atoms with Crippen LogP contribution >= 0.6 is 0 Å². The predicted molar refractivity (Wildman–Crippen MR) is 47.3 cm³/mol. The van der Waals surface area contributed by atoms with Crippen LogP contribution in [0.2, 0.25) is 0 Å². The summed E-state index contributed by atoms with van der Waals surface area (Å²) in [5, 5.41) is 0.0425. The van der Waals surface area contributed by atoms with E-state index in [2.05, 4.69) is 0 Å². The van der Waals surface area contributed by atoms with Gasteiger partial charge >= 0.3 is 0 Å². The molecule has 0 bridgehead atoms. The third-order valence-corrected chi connectivity index (χ3v) is 3.39. The molecular formula is C8H15FOSi. The minimum absolute atomic E-state index is 0.0425. The highest BCUT2D eigenvalue weighted by atomic mass is 28.1. The Morgan fingerprint density at radius 3 is 2.91 bits per heavy atom. The number of hydrogen-bond acceptors (Lipinski definition) is 1. The maximum absolute atomic E-state index is 11.7. The van der Waals surface area contributed by atoms with Crippen LogP contribution in [0.5, 0.6) is 0 Å². The maximum Gasteiger partial charge on any atom is 0.0828 e. The average Bonchev–Trinajstić information content (AvgIpc) is 2.03. The zero-order valence-electron chi connectivity index (χ0n) is 6.98. The van der Waals surface area contributed by atoms with Crippen LogP contribution in [0.25, 0.3) is 0 Å². The summed E-state index contributed by atoms with van der Waals surface area (Å²) in [7, 11) is 1.00. The van der Waals surface area contributed by atoms with Crippen LogP contribution in [-0.2, 0) is 4.74 Å². The minimum atomic E-state index is 0.0425. The fraction of sp³-hybridized carbons (Fsp3) is 0.750. The van der Waals surface area contributed by atoms with E-state index in [0.29, 0.717) is 6.33 Å². The molecule has 1 aliphatic heterocycles. The molecule has 0 spiro atoms. The van der Waals surface area contributed by atoms with Gasteiger partial charge in [0.2, 0.25) is 0 Å². The molecule has 0 aromatic carbocycles. The van der Waals surface area contributed by atoms with Crippen molar-refractivity contribution in [1.29, 1.82) is 0 Å². The van der Waals surface area contributed by atoms with Crippen LogP contribution in [0.1, 0.15) is 25.7 Å². The van der Waals surface area contributed by atoms with Gasteiger partial charge in [0, 0.05) is 16.8 Å². The van der Waals surface area contributed by atoms with Crippen LogP contribution in [0.3, 0.4) is 0 Å². The van der Waals surface area contributed by atoms with E-state index >= 15 is 0 Å². The van der Waals surface area contributed by atoms with Crippen molar-refractivity contribution >= 4 is 10.2 Å². The summed E-state index contributed by atoms with van der Waals surface area (Å²) in [6.07, 6.45) is 6.47. The molecule has 0 radical (unpaired) electrons. The topological polar surface area (TPSA) is 9.23 Å². The fourth-order valence-corrected chi connectivity index (χ4v) is 2.24. The molecule has 1 heterocycles. The van der Waals surface area contributed by atoms with Gasteiger partial charge in [-0.2, -0.15) is 0 Å². The third-order valence-electron chi connectivity index (χ3n) is 2.19. The summed E-state index contributed by atoms with van der Waals surface area (Å²) in [6, 6.07) is 0. The molecule has 3 heteroatoms. The Balaban J connectivity index is 2.37. The number of hydrogen-bond donors (Lipinski definition) is 0. The molecule has 1 nitrogen and oxygen atoms in total. The first kappa shape index (κ1) is 8.94. The molecule has 0 amide bonds. The smallest absolute Gasteiger partial charge is 0.0828 e. The average molecular weight is 174 g/mol. The molecule has 0 aromatic rings. The first-order valence-electron chi connectivity index (χ1n) is 4.16. The summed E-state index contributed by atoms with van der Waals surface area (Å²) >= 11 is 0. The van der Waals surface area contributed by atoms with Gasteiger partial charge in [0.15, 0.2) is 0 Å². The normalized spacial score (nSPS) is 33.2. The van der Waals surface area contributed by atoms with Crippen molar-refractivity contribution < 1.29 is 9.13 Å². The van der Waals surface area contributed by atoms with E-state index in [0.717, 1.165) is 29.7 Å². The van der Waals surface area contributed by atoms with Gasteiger partial charge in [0.1, 0.15) is 0 Å². The second kappa shape index (κ2) is 4.02. The van der Waals surface area contributed by atoms with Crippen LogP contribution in [0.4, 0.5) is 4.39 Å². The second-order valence-corrected chi connectivity index (χ2v) is 5.14. The van der Waals surface area contributed by atoms with Gasteiger partial charge in [-0.15, -0.1) is 0 Å². The molecule has 1 aliphatic rings. The lowest BCUT2D eigenvalue weighted by molar-refractivity contribution is -0.0152. The molecule has 0 N–H and O–H groups in total. The fourth-order valence-electron chi connectivity index (χ4n) is 1.45. The van der Waals surface area contributed by atoms with Crippen molar-refractivity contribution in [3.63, 3.8) is 0 Å². The molecule has 1 atom stereocenters. The number of halogens is 1. The molecular weight excluding hydrogens is 159 g/mol. The Morgan fingerprint density at radius 1 is 1.55 bits per heavy atom. The van der Waals surface area contributed by atoms with Gasteiger partial charge < -0.3 is 4.74 Å². The van der Waals surface area contributed by atoms with Crippen molar-refractivity contribution in [2.24, 2.45) is 0 Å². The quantitative estimate of drug-likeness (QED) is 0.570. The molecule has 11 heavy (non-hydrogen) atoms. The van der Waals surface area contributed by atoms with Gasteiger partial charge in [0.05, 0.1) is 11.6 Å². The highest BCUT2D eigenvalue weighted by Crippen LogP contribution is 2.25. The van der Waals surface area contributed by atoms with Crippen molar-refractivity contribution in [2.75, 3.05) is 6.61 Å². The van der Waals surface area contributed by atoms with Gasteiger partial charge in [-0.1, -0.05) is 6.08 Å². The molecule has 1 fully saturated rings. The van der Waals surface area contributed by atoms with E-state index in [9.17, 15) is 4.39 Å². The van der Waals surface area contributed by atoms with Gasteiger partial charge in [-0.05, 0) is 25.7 Å². The van der Waals surface area contributed by atoms with Crippen molar-refractivity contribution in [3.8, 4) is 0 Å². The van der Waals surface area contributed by atoms with Gasteiger partial charge in [-0.25, -0.2) is 4.39 Å². The van der Waals surface area contributed by atoms with Gasteiger partial charge in [0.25, 0.3) is 0 Å². The Bertz CT molecular complexity index is 141.